The van der Waals surface area contributed by atoms with Crippen molar-refractivity contribution in [2.24, 2.45) is 0 Å². The van der Waals surface area contributed by atoms with E-state index in [0.29, 0.717) is 24.2 Å². The molecule has 6 nitrogen and oxygen atoms in total. The van der Waals surface area contributed by atoms with Crippen LogP contribution < -0.4 is 0 Å². The van der Waals surface area contributed by atoms with Crippen LogP contribution >= 0.6 is 11.3 Å². The first-order chi connectivity index (χ1) is 16.5. The van der Waals surface area contributed by atoms with E-state index in [1.165, 1.54) is 23.3 Å². The molecule has 4 aromatic rings. The van der Waals surface area contributed by atoms with Crippen molar-refractivity contribution in [3.05, 3.63) is 88.5 Å². The van der Waals surface area contributed by atoms with Crippen LogP contribution in [0.25, 0.3) is 10.6 Å². The van der Waals surface area contributed by atoms with Gasteiger partial charge in [-0.05, 0) is 30.7 Å². The lowest BCUT2D eigenvalue weighted by molar-refractivity contribution is 0.157. The smallest absolute Gasteiger partial charge is 0.137 e. The lowest BCUT2D eigenvalue weighted by Crippen LogP contribution is -2.42. The Balaban J connectivity index is 1.41. The molecule has 0 radical (unpaired) electrons. The average molecular weight is 477 g/mol. The molecule has 2 unspecified atom stereocenters. The zero-order valence-corrected chi connectivity index (χ0v) is 19.3. The minimum absolute atomic E-state index is 0.0372. The van der Waals surface area contributed by atoms with E-state index in [1.807, 2.05) is 18.2 Å². The van der Waals surface area contributed by atoms with E-state index in [1.54, 1.807) is 28.4 Å². The number of nitrogens with zero attached hydrogens (tertiary/aromatic N) is 6. The van der Waals surface area contributed by atoms with E-state index in [2.05, 4.69) is 28.0 Å². The predicted molar refractivity (Wildman–Crippen MR) is 125 cm³/mol. The van der Waals surface area contributed by atoms with Crippen LogP contribution in [-0.2, 0) is 19.5 Å². The number of benzene rings is 2. The maximum Gasteiger partial charge on any atom is 0.137 e. The molecule has 0 spiro atoms. The van der Waals surface area contributed by atoms with Crippen LogP contribution in [0.2, 0.25) is 0 Å². The molecule has 3 heterocycles. The van der Waals surface area contributed by atoms with Gasteiger partial charge in [0.05, 0.1) is 23.9 Å². The Morgan fingerprint density at radius 1 is 1.21 bits per heavy atom. The van der Waals surface area contributed by atoms with Gasteiger partial charge in [0.2, 0.25) is 0 Å². The summed E-state index contributed by atoms with van der Waals surface area (Å²) in [5.74, 6) is -1.38. The van der Waals surface area contributed by atoms with Crippen LogP contribution in [0.3, 0.4) is 0 Å². The van der Waals surface area contributed by atoms with Crippen LogP contribution in [0.5, 0.6) is 0 Å². The van der Waals surface area contributed by atoms with Crippen molar-refractivity contribution in [1.29, 1.82) is 5.26 Å². The molecule has 0 N–H and O–H groups in total. The fourth-order valence-corrected chi connectivity index (χ4v) is 5.63. The molecule has 172 valence electrons. The highest BCUT2D eigenvalue weighted by molar-refractivity contribution is 7.15. The van der Waals surface area contributed by atoms with E-state index >= 15 is 0 Å². The summed E-state index contributed by atoms with van der Waals surface area (Å²) in [5.41, 5.74) is 3.09. The molecule has 0 amide bonds. The van der Waals surface area contributed by atoms with Gasteiger partial charge >= 0.3 is 0 Å². The van der Waals surface area contributed by atoms with E-state index in [4.69, 9.17) is 4.98 Å². The van der Waals surface area contributed by atoms with Gasteiger partial charge in [0, 0.05) is 48.0 Å². The van der Waals surface area contributed by atoms with Crippen LogP contribution in [0.15, 0.2) is 55.1 Å². The van der Waals surface area contributed by atoms with E-state index in [-0.39, 0.29) is 12.0 Å². The summed E-state index contributed by atoms with van der Waals surface area (Å²) < 4.78 is 30.1. The summed E-state index contributed by atoms with van der Waals surface area (Å²) in [7, 11) is 0. The molecule has 2 aromatic carbocycles. The number of aromatic nitrogens is 4. The van der Waals surface area contributed by atoms with Gasteiger partial charge in [0.15, 0.2) is 0 Å². The Bertz CT molecular complexity index is 1340. The molecule has 0 fully saturated rings. The summed E-state index contributed by atoms with van der Waals surface area (Å²) in [6.45, 7) is 3.99. The number of hydrogen-bond donors (Lipinski definition) is 0. The first kappa shape index (κ1) is 22.3. The SMILES string of the molecule is CC(C(Cn1cncn1)c1ccc(F)cc1F)N1CCc2nc(-c3cccc(C#N)c3)sc2C1. The van der Waals surface area contributed by atoms with Gasteiger partial charge in [-0.15, -0.1) is 11.3 Å². The van der Waals surface area contributed by atoms with Gasteiger partial charge in [-0.25, -0.2) is 18.7 Å². The average Bonchev–Trinajstić information content (AvgIpc) is 3.52. The highest BCUT2D eigenvalue weighted by Crippen LogP contribution is 2.35. The van der Waals surface area contributed by atoms with Crippen molar-refractivity contribution < 1.29 is 8.78 Å². The van der Waals surface area contributed by atoms with Crippen molar-refractivity contribution in [2.75, 3.05) is 6.54 Å². The molecule has 0 saturated carbocycles. The molecule has 0 saturated heterocycles. The fourth-order valence-electron chi connectivity index (χ4n) is 4.50. The molecule has 0 bridgehead atoms. The van der Waals surface area contributed by atoms with Gasteiger partial charge < -0.3 is 0 Å². The number of fused-ring (bicyclic) bond motifs is 1. The van der Waals surface area contributed by atoms with Crippen molar-refractivity contribution >= 4 is 11.3 Å². The summed E-state index contributed by atoms with van der Waals surface area (Å²) in [4.78, 5) is 12.3. The Morgan fingerprint density at radius 3 is 2.85 bits per heavy atom. The van der Waals surface area contributed by atoms with Crippen LogP contribution in [0.4, 0.5) is 8.78 Å². The zero-order chi connectivity index (χ0) is 23.7. The van der Waals surface area contributed by atoms with Gasteiger partial charge in [0.25, 0.3) is 0 Å². The third kappa shape index (κ3) is 4.47. The number of thiazole rings is 1. The molecule has 2 atom stereocenters. The Morgan fingerprint density at radius 2 is 2.09 bits per heavy atom. The first-order valence-corrected chi connectivity index (χ1v) is 11.8. The van der Waals surface area contributed by atoms with Crippen molar-refractivity contribution in [3.63, 3.8) is 0 Å². The molecule has 1 aliphatic heterocycles. The quantitative estimate of drug-likeness (QED) is 0.401. The highest BCUT2D eigenvalue weighted by atomic mass is 32.1. The Kier molecular flexibility index (Phi) is 6.18. The molecule has 2 aromatic heterocycles. The summed E-state index contributed by atoms with van der Waals surface area (Å²) >= 11 is 1.63. The van der Waals surface area contributed by atoms with Crippen LogP contribution in [0, 0.1) is 23.0 Å². The van der Waals surface area contributed by atoms with E-state index in [9.17, 15) is 14.0 Å². The maximum atomic E-state index is 14.8. The summed E-state index contributed by atoms with van der Waals surface area (Å²) in [6, 6.07) is 13.4. The number of rotatable bonds is 6. The number of hydrogen-bond acceptors (Lipinski definition) is 6. The second-order valence-corrected chi connectivity index (χ2v) is 9.52. The van der Waals surface area contributed by atoms with Crippen LogP contribution in [-0.4, -0.2) is 37.2 Å². The monoisotopic (exact) mass is 476 g/mol. The summed E-state index contributed by atoms with van der Waals surface area (Å²) in [5, 5.41) is 14.3. The molecular weight excluding hydrogens is 454 g/mol. The van der Waals surface area contributed by atoms with Gasteiger partial charge in [-0.3, -0.25) is 9.58 Å². The lowest BCUT2D eigenvalue weighted by atomic mass is 9.90. The first-order valence-electron chi connectivity index (χ1n) is 11.0. The van der Waals surface area contributed by atoms with Crippen molar-refractivity contribution in [1.82, 2.24) is 24.6 Å². The maximum absolute atomic E-state index is 14.8. The lowest BCUT2D eigenvalue weighted by Gasteiger charge is -2.37. The predicted octanol–water partition coefficient (Wildman–Crippen LogP) is 4.78. The third-order valence-electron chi connectivity index (χ3n) is 6.37. The topological polar surface area (TPSA) is 70.6 Å². The zero-order valence-electron chi connectivity index (χ0n) is 18.5. The molecule has 0 aliphatic carbocycles. The molecule has 5 rings (SSSR count). The Hall–Kier alpha value is -3.48. The summed E-state index contributed by atoms with van der Waals surface area (Å²) in [6.07, 6.45) is 3.85. The van der Waals surface area contributed by atoms with E-state index < -0.39 is 11.6 Å². The molecule has 1 aliphatic rings. The van der Waals surface area contributed by atoms with Gasteiger partial charge in [-0.1, -0.05) is 18.2 Å². The standard InChI is InChI=1S/C25H22F2N6S/c1-16(21(12-33-15-29-14-30-33)20-6-5-19(26)10-22(20)27)32-8-7-23-24(13-32)34-25(31-23)18-4-2-3-17(9-18)11-28/h2-6,9-10,14-16,21H,7-8,12-13H2,1H3. The molecule has 9 heteroatoms. The van der Waals surface area contributed by atoms with Crippen molar-refractivity contribution in [3.8, 4) is 16.6 Å². The molecular formula is C25H22F2N6S. The number of nitriles is 1. The normalized spacial score (nSPS) is 15.5. The van der Waals surface area contributed by atoms with E-state index in [0.717, 1.165) is 35.3 Å². The minimum Gasteiger partial charge on any atom is -0.294 e. The second-order valence-electron chi connectivity index (χ2n) is 8.43. The largest absolute Gasteiger partial charge is 0.294 e. The second kappa shape index (κ2) is 9.41. The highest BCUT2D eigenvalue weighted by Gasteiger charge is 2.31. The van der Waals surface area contributed by atoms with Gasteiger partial charge in [0.1, 0.15) is 29.3 Å². The minimum atomic E-state index is -0.589. The van der Waals surface area contributed by atoms with Gasteiger partial charge in [-0.2, -0.15) is 10.4 Å². The van der Waals surface area contributed by atoms with Crippen LogP contribution in [0.1, 0.15) is 34.5 Å². The molecule has 34 heavy (non-hydrogen) atoms. The Labute approximate surface area is 200 Å². The van der Waals surface area contributed by atoms with Crippen molar-refractivity contribution in [2.45, 2.75) is 38.4 Å². The fraction of sp³-hybridized carbons (Fsp3) is 0.280. The third-order valence-corrected chi connectivity index (χ3v) is 7.50. The number of halogens is 2.